The molecule has 2 nitrogen and oxygen atoms in total. The molecule has 0 amide bonds. The first-order chi connectivity index (χ1) is 6.27. The highest BCUT2D eigenvalue weighted by molar-refractivity contribution is 5.67. The highest BCUT2D eigenvalue weighted by atomic mass is 14.8. The van der Waals surface area contributed by atoms with Gasteiger partial charge in [-0.05, 0) is 26.0 Å². The van der Waals surface area contributed by atoms with E-state index in [1.165, 1.54) is 0 Å². The number of rotatable bonds is 2. The average molecular weight is 178 g/mol. The Hall–Kier alpha value is -1.31. The van der Waals surface area contributed by atoms with Crippen molar-refractivity contribution >= 4 is 18.0 Å². The van der Waals surface area contributed by atoms with Crippen LogP contribution >= 0.6 is 0 Å². The first-order valence-electron chi connectivity index (χ1n) is 4.58. The van der Waals surface area contributed by atoms with Crippen molar-refractivity contribution in [2.45, 2.75) is 27.7 Å². The Bertz CT molecular complexity index is 282. The molecular weight excluding hydrogens is 160 g/mol. The second-order valence-electron chi connectivity index (χ2n) is 2.34. The Balaban J connectivity index is 0.000000671. The number of aromatic nitrogens is 1. The lowest BCUT2D eigenvalue weighted by Crippen LogP contribution is -1.70. The van der Waals surface area contributed by atoms with Crippen molar-refractivity contribution in [2.24, 2.45) is 4.99 Å². The molecule has 1 aromatic rings. The van der Waals surface area contributed by atoms with E-state index in [0.717, 1.165) is 17.1 Å². The first-order valence-corrected chi connectivity index (χ1v) is 4.58. The molecule has 0 aliphatic heterocycles. The molecule has 0 spiro atoms. The summed E-state index contributed by atoms with van der Waals surface area (Å²) in [5.74, 6) is 0. The van der Waals surface area contributed by atoms with Gasteiger partial charge in [0.05, 0.1) is 11.4 Å². The van der Waals surface area contributed by atoms with Crippen molar-refractivity contribution in [2.75, 3.05) is 0 Å². The van der Waals surface area contributed by atoms with E-state index >= 15 is 0 Å². The molecule has 0 radical (unpaired) electrons. The van der Waals surface area contributed by atoms with Crippen LogP contribution in [0.15, 0.2) is 17.6 Å². The summed E-state index contributed by atoms with van der Waals surface area (Å²) in [5, 5.41) is 0. The lowest BCUT2D eigenvalue weighted by molar-refractivity contribution is 1.25. The van der Waals surface area contributed by atoms with Crippen molar-refractivity contribution in [3.05, 3.63) is 24.0 Å². The summed E-state index contributed by atoms with van der Waals surface area (Å²) in [6, 6.07) is 2.00. The highest BCUT2D eigenvalue weighted by Crippen LogP contribution is 2.20. The second kappa shape index (κ2) is 6.23. The fourth-order valence-corrected chi connectivity index (χ4v) is 0.997. The molecule has 1 N–H and O–H groups in total. The molecule has 0 aliphatic rings. The summed E-state index contributed by atoms with van der Waals surface area (Å²) in [6.45, 7) is 11.6. The van der Waals surface area contributed by atoms with Crippen LogP contribution < -0.4 is 0 Å². The van der Waals surface area contributed by atoms with Gasteiger partial charge in [-0.1, -0.05) is 20.4 Å². The van der Waals surface area contributed by atoms with Gasteiger partial charge < -0.3 is 4.98 Å². The van der Waals surface area contributed by atoms with Gasteiger partial charge in [0.25, 0.3) is 0 Å². The third-order valence-corrected chi connectivity index (χ3v) is 1.43. The summed E-state index contributed by atoms with van der Waals surface area (Å²) in [6.07, 6.45) is 3.55. The van der Waals surface area contributed by atoms with E-state index in [9.17, 15) is 0 Å². The molecule has 13 heavy (non-hydrogen) atoms. The predicted octanol–water partition coefficient (Wildman–Crippen LogP) is 3.71. The fourth-order valence-electron chi connectivity index (χ4n) is 0.997. The topological polar surface area (TPSA) is 28.1 Å². The van der Waals surface area contributed by atoms with E-state index < -0.39 is 0 Å². The minimum Gasteiger partial charge on any atom is -0.357 e. The van der Waals surface area contributed by atoms with Gasteiger partial charge in [0.15, 0.2) is 0 Å². The van der Waals surface area contributed by atoms with Crippen LogP contribution in [0.5, 0.6) is 0 Å². The van der Waals surface area contributed by atoms with Gasteiger partial charge in [0.1, 0.15) is 0 Å². The van der Waals surface area contributed by atoms with Crippen LogP contribution in [0, 0.1) is 6.92 Å². The maximum Gasteiger partial charge on any atom is 0.0877 e. The molecule has 1 rings (SSSR count). The standard InChI is InChI=1S/C9H12N2.C2H6/c1-4-8-9(10-5-2)6-7(3)11-8;1-2/h4-6,11H,1H2,2-3H3;1-2H3. The SMILES string of the molecule is C=Cc1[nH]c(C)cc1N=CC.CC. The van der Waals surface area contributed by atoms with Gasteiger partial charge in [-0.15, -0.1) is 0 Å². The fraction of sp³-hybridized carbons (Fsp3) is 0.364. The van der Waals surface area contributed by atoms with Gasteiger partial charge in [0.2, 0.25) is 0 Å². The number of H-pyrrole nitrogens is 1. The number of aromatic amines is 1. The average Bonchev–Trinajstić information content (AvgIpc) is 2.50. The molecule has 2 heteroatoms. The zero-order valence-corrected chi connectivity index (χ0v) is 8.89. The van der Waals surface area contributed by atoms with Crippen molar-refractivity contribution < 1.29 is 0 Å². The number of hydrogen-bond donors (Lipinski definition) is 1. The molecule has 0 atom stereocenters. The summed E-state index contributed by atoms with van der Waals surface area (Å²) in [7, 11) is 0. The quantitative estimate of drug-likeness (QED) is 0.669. The molecular formula is C11H18N2. The van der Waals surface area contributed by atoms with Crippen LogP contribution in [-0.2, 0) is 0 Å². The van der Waals surface area contributed by atoms with Crippen molar-refractivity contribution in [1.29, 1.82) is 0 Å². The van der Waals surface area contributed by atoms with Crippen molar-refractivity contribution in [3.63, 3.8) is 0 Å². The number of nitrogens with one attached hydrogen (secondary N) is 1. The normalized spacial score (nSPS) is 9.54. The third-order valence-electron chi connectivity index (χ3n) is 1.43. The summed E-state index contributed by atoms with van der Waals surface area (Å²) in [5.41, 5.74) is 3.06. The maximum atomic E-state index is 4.17. The Kier molecular flexibility index (Phi) is 5.60. The van der Waals surface area contributed by atoms with Gasteiger partial charge in [-0.2, -0.15) is 0 Å². The Morgan fingerprint density at radius 1 is 1.46 bits per heavy atom. The van der Waals surface area contributed by atoms with E-state index in [2.05, 4.69) is 16.6 Å². The summed E-state index contributed by atoms with van der Waals surface area (Å²) in [4.78, 5) is 7.32. The summed E-state index contributed by atoms with van der Waals surface area (Å²) >= 11 is 0. The molecule has 0 bridgehead atoms. The number of nitrogens with zero attached hydrogens (tertiary/aromatic N) is 1. The predicted molar refractivity (Wildman–Crippen MR) is 60.8 cm³/mol. The van der Waals surface area contributed by atoms with Crippen LogP contribution in [0.4, 0.5) is 5.69 Å². The van der Waals surface area contributed by atoms with E-state index in [1.807, 2.05) is 33.8 Å². The summed E-state index contributed by atoms with van der Waals surface area (Å²) < 4.78 is 0. The molecule has 1 aromatic heterocycles. The smallest absolute Gasteiger partial charge is 0.0877 e. The third kappa shape index (κ3) is 3.28. The van der Waals surface area contributed by atoms with Crippen LogP contribution in [0.2, 0.25) is 0 Å². The van der Waals surface area contributed by atoms with Crippen molar-refractivity contribution in [1.82, 2.24) is 4.98 Å². The molecule has 0 saturated heterocycles. The van der Waals surface area contributed by atoms with Crippen molar-refractivity contribution in [3.8, 4) is 0 Å². The molecule has 0 aromatic carbocycles. The van der Waals surface area contributed by atoms with E-state index in [4.69, 9.17) is 0 Å². The number of aliphatic imine (C=N–C) groups is 1. The van der Waals surface area contributed by atoms with E-state index in [-0.39, 0.29) is 0 Å². The largest absolute Gasteiger partial charge is 0.357 e. The monoisotopic (exact) mass is 178 g/mol. The second-order valence-corrected chi connectivity index (χ2v) is 2.34. The Labute approximate surface area is 80.4 Å². The van der Waals surface area contributed by atoms with Gasteiger partial charge in [-0.3, -0.25) is 4.99 Å². The highest BCUT2D eigenvalue weighted by Gasteiger charge is 1.98. The molecule has 0 saturated carbocycles. The van der Waals surface area contributed by atoms with E-state index in [0.29, 0.717) is 0 Å². The minimum absolute atomic E-state index is 0.958. The minimum atomic E-state index is 0.958. The van der Waals surface area contributed by atoms with Gasteiger partial charge in [-0.25, -0.2) is 0 Å². The maximum absolute atomic E-state index is 4.17. The Morgan fingerprint density at radius 3 is 2.54 bits per heavy atom. The zero-order chi connectivity index (χ0) is 10.3. The number of aryl methyl sites for hydroxylation is 1. The van der Waals surface area contributed by atoms with E-state index in [1.54, 1.807) is 12.3 Å². The lowest BCUT2D eigenvalue weighted by atomic mass is 10.3. The van der Waals surface area contributed by atoms with Gasteiger partial charge in [0, 0.05) is 11.9 Å². The van der Waals surface area contributed by atoms with Crippen LogP contribution in [0.1, 0.15) is 32.2 Å². The molecule has 0 aliphatic carbocycles. The number of hydrogen-bond acceptors (Lipinski definition) is 1. The molecule has 0 unspecified atom stereocenters. The molecule has 72 valence electrons. The Morgan fingerprint density at radius 2 is 2.08 bits per heavy atom. The van der Waals surface area contributed by atoms with Crippen LogP contribution in [0.25, 0.3) is 6.08 Å². The van der Waals surface area contributed by atoms with Gasteiger partial charge >= 0.3 is 0 Å². The molecule has 1 heterocycles. The van der Waals surface area contributed by atoms with Crippen LogP contribution in [0.3, 0.4) is 0 Å². The van der Waals surface area contributed by atoms with Crippen LogP contribution in [-0.4, -0.2) is 11.2 Å². The molecule has 0 fully saturated rings. The first kappa shape index (κ1) is 11.7. The lowest BCUT2D eigenvalue weighted by Gasteiger charge is -1.87. The zero-order valence-electron chi connectivity index (χ0n) is 8.89.